The molecule has 6 heteroatoms. The number of benzene rings is 3. The van der Waals surface area contributed by atoms with E-state index in [1.807, 2.05) is 40.5 Å². The maximum atomic E-state index is 5.67. The van der Waals surface area contributed by atoms with E-state index in [-0.39, 0.29) is 7.92 Å². The van der Waals surface area contributed by atoms with Crippen molar-refractivity contribution in [2.45, 2.75) is 160 Å². The normalized spacial score (nSPS) is 20.3. The summed E-state index contributed by atoms with van der Waals surface area (Å²) >= 11 is -1.61. The molecule has 1 saturated heterocycles. The van der Waals surface area contributed by atoms with Gasteiger partial charge < -0.3 is 9.80 Å². The summed E-state index contributed by atoms with van der Waals surface area (Å²) in [6.07, 6.45) is 25.0. The second kappa shape index (κ2) is 21.3. The molecule has 0 bridgehead atoms. The number of aryl methyl sites for hydroxylation is 4. The van der Waals surface area contributed by atoms with Crippen molar-refractivity contribution in [1.29, 1.82) is 0 Å². The fourth-order valence-corrected chi connectivity index (χ4v) is 16.7. The van der Waals surface area contributed by atoms with Crippen molar-refractivity contribution >= 4 is 43.3 Å². The number of hydrogen-bond donors (Lipinski definition) is 0. The van der Waals surface area contributed by atoms with Crippen LogP contribution >= 0.6 is 27.3 Å². The molecule has 1 heterocycles. The van der Waals surface area contributed by atoms with E-state index in [9.17, 15) is 0 Å². The molecule has 1 unspecified atom stereocenters. The summed E-state index contributed by atoms with van der Waals surface area (Å²) in [5, 5.41) is 0. The second-order valence-electron chi connectivity index (χ2n) is 15.9. The molecule has 54 heavy (non-hydrogen) atoms. The Morgan fingerprint density at radius 3 is 1.44 bits per heavy atom. The number of anilines is 2. The molecule has 0 aromatic heterocycles. The number of rotatable bonds is 10. The Morgan fingerprint density at radius 2 is 1.02 bits per heavy atom. The van der Waals surface area contributed by atoms with Crippen molar-refractivity contribution in [1.82, 2.24) is 0 Å². The van der Waals surface area contributed by atoms with Crippen LogP contribution in [0.4, 0.5) is 11.4 Å². The van der Waals surface area contributed by atoms with Gasteiger partial charge >= 0.3 is 73.4 Å². The summed E-state index contributed by atoms with van der Waals surface area (Å²) < 4.78 is 1.92. The first-order valence-corrected chi connectivity index (χ1v) is 28.7. The minimum absolute atomic E-state index is 0.00282. The Kier molecular flexibility index (Phi) is 16.6. The zero-order chi connectivity index (χ0) is 37.9. The van der Waals surface area contributed by atoms with Gasteiger partial charge in [0.1, 0.15) is 5.82 Å². The van der Waals surface area contributed by atoms with Gasteiger partial charge in [-0.15, -0.1) is 0 Å². The molecular weight excluding hydrogens is 807 g/mol. The van der Waals surface area contributed by atoms with Gasteiger partial charge in [0.15, 0.2) is 0 Å². The van der Waals surface area contributed by atoms with E-state index in [2.05, 4.69) is 73.9 Å². The molecule has 2 nitrogen and oxygen atoms in total. The summed E-state index contributed by atoms with van der Waals surface area (Å²) in [7, 11) is 11.3. The minimum atomic E-state index is -1.61. The Hall–Kier alpha value is -1.50. The van der Waals surface area contributed by atoms with Gasteiger partial charge in [-0.05, 0) is 110 Å². The first kappa shape index (κ1) is 42.1. The molecule has 0 amide bonds. The standard InChI is InChI=1S/C41H61N2P.C7H6.2ClH.Ru/c1-5-31-19-17-20-32(6-2)39(31)42-29-30-43(40-33(7-3)21-18-22-34(40)8-4)41(42)37-27-15-16-28-38(37)44(35-23-11-9-12-24-35)36-25-13-10-14-26-36;1-7-5-3-2-4-6-7;;;/h17-22,35-36,38H,5-16,23-30H2,1-4H3;1-6H;2*1H;/q;;;;+2/p-2. The average Bonchev–Trinajstić information content (AvgIpc) is 3.65. The Bertz CT molecular complexity index is 1560. The fourth-order valence-electron chi connectivity index (χ4n) is 10.2. The average molecular weight is 875 g/mol. The molecule has 7 rings (SSSR count). The monoisotopic (exact) mass is 874 g/mol. The Morgan fingerprint density at radius 1 is 0.574 bits per heavy atom. The molecular formula is C48H67Cl2N2PRu. The van der Waals surface area contributed by atoms with Crippen LogP contribution in [-0.4, -0.2) is 34.7 Å². The van der Waals surface area contributed by atoms with Gasteiger partial charge in [-0.25, -0.2) is 0 Å². The summed E-state index contributed by atoms with van der Waals surface area (Å²) in [5.41, 5.74) is 15.1. The second-order valence-corrected chi connectivity index (χ2v) is 24.6. The third-order valence-electron chi connectivity index (χ3n) is 12.7. The van der Waals surface area contributed by atoms with Gasteiger partial charge in [0.05, 0.1) is 0 Å². The topological polar surface area (TPSA) is 6.48 Å². The van der Waals surface area contributed by atoms with Gasteiger partial charge in [-0.3, -0.25) is 0 Å². The first-order chi connectivity index (χ1) is 26.5. The number of hydrogen-bond acceptors (Lipinski definition) is 2. The van der Waals surface area contributed by atoms with E-state index in [1.165, 1.54) is 112 Å². The number of para-hydroxylation sites is 2. The van der Waals surface area contributed by atoms with Crippen molar-refractivity contribution in [2.75, 3.05) is 22.9 Å². The van der Waals surface area contributed by atoms with Crippen molar-refractivity contribution < 1.29 is 13.5 Å². The molecule has 3 aliphatic carbocycles. The van der Waals surface area contributed by atoms with E-state index in [0.717, 1.165) is 61.3 Å². The van der Waals surface area contributed by atoms with E-state index in [1.54, 1.807) is 17.2 Å². The number of allylic oxidation sites excluding steroid dienone is 1. The molecule has 4 fully saturated rings. The maximum absolute atomic E-state index is 5.67. The van der Waals surface area contributed by atoms with Crippen LogP contribution in [0, 0.1) is 0 Å². The van der Waals surface area contributed by atoms with E-state index < -0.39 is 13.5 Å². The molecule has 4 aliphatic rings. The molecule has 3 aromatic rings. The summed E-state index contributed by atoms with van der Waals surface area (Å²) in [5.74, 6) is 1.64. The van der Waals surface area contributed by atoms with Crippen LogP contribution in [0.25, 0.3) is 0 Å². The number of nitrogens with zero attached hydrogens (tertiary/aromatic N) is 2. The van der Waals surface area contributed by atoms with Crippen molar-refractivity contribution in [3.8, 4) is 0 Å². The van der Waals surface area contributed by atoms with Gasteiger partial charge in [0.2, 0.25) is 0 Å². The molecule has 0 N–H and O–H groups in total. The summed E-state index contributed by atoms with van der Waals surface area (Å²) in [6.45, 7) is 11.7. The third kappa shape index (κ3) is 10.1. The van der Waals surface area contributed by atoms with Crippen LogP contribution in [0.2, 0.25) is 0 Å². The molecule has 0 radical (unpaired) electrons. The molecule has 1 aliphatic heterocycles. The van der Waals surface area contributed by atoms with Crippen LogP contribution in [-0.2, 0) is 39.2 Å². The predicted octanol–water partition coefficient (Wildman–Crippen LogP) is 14.3. The Labute approximate surface area is 343 Å². The van der Waals surface area contributed by atoms with Crippen molar-refractivity contribution in [3.05, 3.63) is 106 Å². The summed E-state index contributed by atoms with van der Waals surface area (Å²) in [6, 6.07) is 24.2. The molecule has 3 saturated carbocycles. The SMILES string of the molecule is CCc1cccc(CC)c1N1CCN(c2c(CC)cccc2CC)C1=C1CCCCC1P(C1CCCCC1)C1CCCCC1.[Cl][Ru]([Cl])=[CH]c1ccccc1. The zero-order valence-electron chi connectivity index (χ0n) is 33.8. The summed E-state index contributed by atoms with van der Waals surface area (Å²) in [4.78, 5) is 5.76. The van der Waals surface area contributed by atoms with Crippen LogP contribution < -0.4 is 9.80 Å². The van der Waals surface area contributed by atoms with Crippen LogP contribution in [0.5, 0.6) is 0 Å². The van der Waals surface area contributed by atoms with E-state index >= 15 is 0 Å². The zero-order valence-corrected chi connectivity index (χ0v) is 37.9. The predicted molar refractivity (Wildman–Crippen MR) is 238 cm³/mol. The van der Waals surface area contributed by atoms with Crippen LogP contribution in [0.1, 0.15) is 145 Å². The van der Waals surface area contributed by atoms with Crippen LogP contribution in [0.3, 0.4) is 0 Å². The third-order valence-corrected chi connectivity index (χ3v) is 18.6. The van der Waals surface area contributed by atoms with E-state index in [0.29, 0.717) is 0 Å². The first-order valence-electron chi connectivity index (χ1n) is 21.6. The fraction of sp³-hybridized carbons (Fsp3) is 0.562. The van der Waals surface area contributed by atoms with Gasteiger partial charge in [0, 0.05) is 30.1 Å². The van der Waals surface area contributed by atoms with Gasteiger partial charge in [0.25, 0.3) is 0 Å². The molecule has 1 atom stereocenters. The van der Waals surface area contributed by atoms with E-state index in [4.69, 9.17) is 19.4 Å². The van der Waals surface area contributed by atoms with Crippen molar-refractivity contribution in [3.63, 3.8) is 0 Å². The molecule has 296 valence electrons. The number of halogens is 2. The van der Waals surface area contributed by atoms with Gasteiger partial charge in [-0.1, -0.05) is 117 Å². The quantitative estimate of drug-likeness (QED) is 0.148. The Balaban J connectivity index is 0.000000432. The van der Waals surface area contributed by atoms with Crippen LogP contribution in [0.15, 0.2) is 78.1 Å². The van der Waals surface area contributed by atoms with Crippen molar-refractivity contribution in [2.24, 2.45) is 0 Å². The molecule has 0 spiro atoms. The van der Waals surface area contributed by atoms with Gasteiger partial charge in [-0.2, -0.15) is 0 Å². The molecule has 3 aromatic carbocycles.